The molecule has 0 fully saturated rings. The summed E-state index contributed by atoms with van der Waals surface area (Å²) in [6, 6.07) is 0.0558. The van der Waals surface area contributed by atoms with Crippen LogP contribution >= 0.6 is 0 Å². The summed E-state index contributed by atoms with van der Waals surface area (Å²) in [5, 5.41) is 6.03. The van der Waals surface area contributed by atoms with Crippen molar-refractivity contribution in [2.24, 2.45) is 21.0 Å². The Labute approximate surface area is 241 Å². The van der Waals surface area contributed by atoms with Gasteiger partial charge in [0.05, 0.1) is 11.8 Å². The van der Waals surface area contributed by atoms with E-state index in [2.05, 4.69) is 99.3 Å². The molecule has 2 rings (SSSR count). The summed E-state index contributed by atoms with van der Waals surface area (Å²) in [6.07, 6.45) is 16.3. The molecule has 39 heavy (non-hydrogen) atoms. The summed E-state index contributed by atoms with van der Waals surface area (Å²) in [7, 11) is 4.02. The van der Waals surface area contributed by atoms with Crippen molar-refractivity contribution in [1.29, 1.82) is 0 Å². The zero-order valence-corrected chi connectivity index (χ0v) is 27.0. The minimum absolute atomic E-state index is 0.0558. The Morgan fingerprint density at radius 3 is 2.13 bits per heavy atom. The average Bonchev–Trinajstić information content (AvgIpc) is 3.02. The maximum absolute atomic E-state index is 4.32. The number of hydrazone groups is 1. The minimum atomic E-state index is 0.0558. The third-order valence-electron chi connectivity index (χ3n) is 6.09. The fraction of sp³-hybridized carbons (Fsp3) is 0.500. The van der Waals surface area contributed by atoms with Crippen molar-refractivity contribution in [2.45, 2.75) is 94.0 Å². The van der Waals surface area contributed by atoms with Crippen molar-refractivity contribution < 1.29 is 0 Å². The van der Waals surface area contributed by atoms with Crippen LogP contribution in [0, 0.1) is 5.92 Å². The number of nitrogens with zero attached hydrogens (tertiary/aromatic N) is 5. The highest BCUT2D eigenvalue weighted by Gasteiger charge is 2.21. The van der Waals surface area contributed by atoms with E-state index in [1.54, 1.807) is 12.3 Å². The van der Waals surface area contributed by atoms with Crippen LogP contribution in [0.5, 0.6) is 0 Å². The second-order valence-electron chi connectivity index (χ2n) is 10.1. The summed E-state index contributed by atoms with van der Waals surface area (Å²) in [5.41, 5.74) is 8.02. The van der Waals surface area contributed by atoms with Gasteiger partial charge in [0.1, 0.15) is 6.34 Å². The maximum Gasteiger partial charge on any atom is 0.115 e. The molecule has 1 heterocycles. The molecule has 218 valence electrons. The lowest BCUT2D eigenvalue weighted by atomic mass is 10.1. The molecule has 1 aliphatic carbocycles. The highest BCUT2D eigenvalue weighted by Crippen LogP contribution is 2.34. The lowest BCUT2D eigenvalue weighted by Crippen LogP contribution is -2.33. The van der Waals surface area contributed by atoms with E-state index >= 15 is 0 Å². The zero-order chi connectivity index (χ0) is 30.5. The Balaban J connectivity index is 0. The van der Waals surface area contributed by atoms with E-state index in [1.165, 1.54) is 35.3 Å². The number of hydrogen-bond acceptors (Lipinski definition) is 4. The van der Waals surface area contributed by atoms with Gasteiger partial charge < -0.3 is 4.90 Å². The van der Waals surface area contributed by atoms with E-state index in [9.17, 15) is 0 Å². The highest BCUT2D eigenvalue weighted by molar-refractivity contribution is 6.06. The number of aliphatic imine (C=N–C) groups is 2. The molecule has 0 saturated carbocycles. The van der Waals surface area contributed by atoms with Crippen molar-refractivity contribution in [3.63, 3.8) is 0 Å². The van der Waals surface area contributed by atoms with E-state index in [-0.39, 0.29) is 6.04 Å². The molecule has 1 aliphatic heterocycles. The van der Waals surface area contributed by atoms with Crippen molar-refractivity contribution in [3.8, 4) is 0 Å². The van der Waals surface area contributed by atoms with E-state index < -0.39 is 0 Å². The van der Waals surface area contributed by atoms with E-state index in [0.717, 1.165) is 42.2 Å². The lowest BCUT2D eigenvalue weighted by molar-refractivity contribution is 0.331. The summed E-state index contributed by atoms with van der Waals surface area (Å²) in [6.45, 7) is 33.4. The van der Waals surface area contributed by atoms with E-state index in [4.69, 9.17) is 0 Å². The van der Waals surface area contributed by atoms with Gasteiger partial charge in [-0.05, 0) is 58.1 Å². The van der Waals surface area contributed by atoms with Gasteiger partial charge in [-0.1, -0.05) is 83.7 Å². The summed E-state index contributed by atoms with van der Waals surface area (Å²) in [4.78, 5) is 10.6. The monoisotopic (exact) mass is 535 g/mol. The maximum atomic E-state index is 4.32. The van der Waals surface area contributed by atoms with Crippen LogP contribution < -0.4 is 0 Å². The minimum Gasteiger partial charge on any atom is -0.351 e. The van der Waals surface area contributed by atoms with Gasteiger partial charge in [0.15, 0.2) is 0 Å². The first kappa shape index (κ1) is 37.9. The van der Waals surface area contributed by atoms with E-state index in [1.807, 2.05) is 46.7 Å². The third-order valence-corrected chi connectivity index (χ3v) is 6.09. The predicted molar refractivity (Wildman–Crippen MR) is 179 cm³/mol. The molecule has 1 unspecified atom stereocenters. The fourth-order valence-corrected chi connectivity index (χ4v) is 3.26. The molecule has 5 heteroatoms. The first-order chi connectivity index (χ1) is 18.3. The predicted octanol–water partition coefficient (Wildman–Crippen LogP) is 9.52. The van der Waals surface area contributed by atoms with Gasteiger partial charge in [-0.25, -0.2) is 9.98 Å². The van der Waals surface area contributed by atoms with Crippen LogP contribution in [-0.2, 0) is 0 Å². The van der Waals surface area contributed by atoms with Crippen LogP contribution in [0.3, 0.4) is 0 Å². The molecule has 2 aliphatic rings. The second-order valence-corrected chi connectivity index (χ2v) is 10.1. The Kier molecular flexibility index (Phi) is 21.1. The topological polar surface area (TPSA) is 43.6 Å². The molecule has 0 aromatic heterocycles. The number of allylic oxidation sites excluding steroid dienone is 7. The molecule has 0 spiro atoms. The van der Waals surface area contributed by atoms with E-state index in [0.29, 0.717) is 0 Å². The molecular formula is C34H57N5. The third kappa shape index (κ3) is 16.4. The second kappa shape index (κ2) is 21.7. The lowest BCUT2D eigenvalue weighted by Gasteiger charge is -2.23. The summed E-state index contributed by atoms with van der Waals surface area (Å²) in [5.74, 6) is 0.884. The van der Waals surface area contributed by atoms with Crippen molar-refractivity contribution in [3.05, 3.63) is 84.4 Å². The van der Waals surface area contributed by atoms with Crippen molar-refractivity contribution in [2.75, 3.05) is 14.1 Å². The van der Waals surface area contributed by atoms with Gasteiger partial charge in [0, 0.05) is 50.2 Å². The molecule has 0 aromatic carbocycles. The zero-order valence-electron chi connectivity index (χ0n) is 27.0. The largest absolute Gasteiger partial charge is 0.351 e. The van der Waals surface area contributed by atoms with Gasteiger partial charge in [-0.2, -0.15) is 5.10 Å². The first-order valence-corrected chi connectivity index (χ1v) is 14.0. The van der Waals surface area contributed by atoms with Gasteiger partial charge in [-0.3, -0.25) is 5.01 Å². The van der Waals surface area contributed by atoms with Crippen LogP contribution in [0.4, 0.5) is 0 Å². The summed E-state index contributed by atoms with van der Waals surface area (Å²) < 4.78 is 0. The van der Waals surface area contributed by atoms with Crippen molar-refractivity contribution >= 4 is 18.3 Å². The van der Waals surface area contributed by atoms with Crippen LogP contribution in [-0.4, -0.2) is 48.3 Å². The molecule has 0 bridgehead atoms. The van der Waals surface area contributed by atoms with Gasteiger partial charge in [0.25, 0.3) is 0 Å². The first-order valence-electron chi connectivity index (χ1n) is 14.0. The van der Waals surface area contributed by atoms with Crippen LogP contribution in [0.2, 0.25) is 0 Å². The molecule has 0 saturated heterocycles. The Bertz CT molecular complexity index is 970. The van der Waals surface area contributed by atoms with Crippen molar-refractivity contribution in [1.82, 2.24) is 9.91 Å². The van der Waals surface area contributed by atoms with Crippen LogP contribution in [0.1, 0.15) is 88.0 Å². The molecule has 0 N–H and O–H groups in total. The smallest absolute Gasteiger partial charge is 0.115 e. The molecule has 0 radical (unpaired) electrons. The SMILES string of the molecule is C=C(C)N=CN=C(C(=C)C)C(C)N(C)/N=C/C.C=C1CC2=C(CC=C(CC)C=C2)N1C.C=CC.CCC(C)C. The highest BCUT2D eigenvalue weighted by atomic mass is 15.4. The Morgan fingerprint density at radius 2 is 1.69 bits per heavy atom. The standard InChI is InChI=1S/C13H22N4.C13H17N.C5H12.C3H6/c1-8-16-17(7)12(6)13(10(2)3)15-9-14-11(4)5;1-4-11-5-7-12-9-10(2)14(3)13(12)8-6-11;1-4-5(2)3;1-3-2/h8-9,12H,2,4H2,1,3,5-7H3;5-7H,2,4,8-9H2,1,3H3;5H,4H2,1-3H3;3H,1H2,2H3/b14-9?,15-13?,16-8+;;;. The molecular weight excluding hydrogens is 478 g/mol. The van der Waals surface area contributed by atoms with Gasteiger partial charge >= 0.3 is 0 Å². The molecule has 0 amide bonds. The average molecular weight is 536 g/mol. The molecule has 1 atom stereocenters. The van der Waals surface area contributed by atoms with Crippen LogP contribution in [0.25, 0.3) is 0 Å². The van der Waals surface area contributed by atoms with Gasteiger partial charge in [0.2, 0.25) is 0 Å². The Hall–Kier alpha value is -3.21. The Morgan fingerprint density at radius 1 is 1.13 bits per heavy atom. The fourth-order valence-electron chi connectivity index (χ4n) is 3.26. The summed E-state index contributed by atoms with van der Waals surface area (Å²) >= 11 is 0. The number of hydrogen-bond donors (Lipinski definition) is 0. The molecule has 5 nitrogen and oxygen atoms in total. The quantitative estimate of drug-likeness (QED) is 0.134. The van der Waals surface area contributed by atoms with Crippen LogP contribution in [0.15, 0.2) is 99.5 Å². The van der Waals surface area contributed by atoms with Gasteiger partial charge in [-0.15, -0.1) is 6.58 Å². The number of rotatable bonds is 8. The normalized spacial score (nSPS) is 15.4. The molecule has 0 aromatic rings.